The lowest BCUT2D eigenvalue weighted by molar-refractivity contribution is 0.130. The van der Waals surface area contributed by atoms with E-state index in [1.54, 1.807) is 13.4 Å². The Morgan fingerprint density at radius 2 is 2.21 bits per heavy atom. The van der Waals surface area contributed by atoms with Gasteiger partial charge >= 0.3 is 0 Å². The number of aromatic nitrogens is 2. The molecule has 2 aromatic rings. The van der Waals surface area contributed by atoms with Crippen LogP contribution in [0.3, 0.4) is 0 Å². The average molecular weight is 329 g/mol. The minimum absolute atomic E-state index is 0.346. The maximum Gasteiger partial charge on any atom is 0.117 e. The van der Waals surface area contributed by atoms with Crippen LogP contribution in [0, 0.1) is 5.92 Å². The zero-order valence-electron chi connectivity index (χ0n) is 14.5. The fourth-order valence-corrected chi connectivity index (χ4v) is 4.27. The molecule has 1 saturated carbocycles. The second-order valence-corrected chi connectivity index (χ2v) is 7.31. The summed E-state index contributed by atoms with van der Waals surface area (Å²) in [6, 6.07) is 4.00. The summed E-state index contributed by atoms with van der Waals surface area (Å²) in [7, 11) is 1.78. The Morgan fingerprint density at radius 3 is 2.96 bits per heavy atom. The Balaban J connectivity index is 1.50. The molecule has 0 saturated heterocycles. The number of rotatable bonds is 6. The van der Waals surface area contributed by atoms with E-state index in [-0.39, 0.29) is 0 Å². The van der Waals surface area contributed by atoms with Crippen LogP contribution in [-0.2, 0) is 24.4 Å². The van der Waals surface area contributed by atoms with Gasteiger partial charge in [-0.2, -0.15) is 5.10 Å². The van der Waals surface area contributed by atoms with E-state index in [1.807, 2.05) is 12.1 Å². The molecule has 24 heavy (non-hydrogen) atoms. The van der Waals surface area contributed by atoms with Crippen molar-refractivity contribution in [2.75, 3.05) is 20.3 Å². The maximum absolute atomic E-state index is 5.52. The van der Waals surface area contributed by atoms with Crippen molar-refractivity contribution in [3.05, 3.63) is 41.6 Å². The van der Waals surface area contributed by atoms with Crippen molar-refractivity contribution in [2.24, 2.45) is 5.92 Å². The summed E-state index contributed by atoms with van der Waals surface area (Å²) in [4.78, 5) is 2.44. The molecule has 0 amide bonds. The Kier molecular flexibility index (Phi) is 4.72. The van der Waals surface area contributed by atoms with Crippen molar-refractivity contribution in [3.8, 4) is 0 Å². The normalized spacial score (nSPS) is 22.1. The van der Waals surface area contributed by atoms with E-state index in [4.69, 9.17) is 14.3 Å². The number of methoxy groups -OCH3 is 1. The number of hydrogen-bond donors (Lipinski definition) is 0. The molecule has 3 heterocycles. The van der Waals surface area contributed by atoms with Gasteiger partial charge in [-0.25, -0.2) is 0 Å². The lowest BCUT2D eigenvalue weighted by atomic mass is 9.97. The third kappa shape index (κ3) is 3.42. The molecular weight excluding hydrogens is 302 g/mol. The molecule has 5 heteroatoms. The van der Waals surface area contributed by atoms with Gasteiger partial charge in [0.2, 0.25) is 0 Å². The summed E-state index contributed by atoms with van der Waals surface area (Å²) < 4.78 is 13.2. The van der Waals surface area contributed by atoms with Crippen molar-refractivity contribution < 1.29 is 9.15 Å². The van der Waals surface area contributed by atoms with Crippen LogP contribution < -0.4 is 0 Å². The molecule has 1 fully saturated rings. The van der Waals surface area contributed by atoms with E-state index < -0.39 is 0 Å². The molecule has 4 rings (SSSR count). The number of nitrogens with zero attached hydrogens (tertiary/aromatic N) is 3. The Bertz CT molecular complexity index is 644. The van der Waals surface area contributed by atoms with Crippen molar-refractivity contribution in [3.63, 3.8) is 0 Å². The fourth-order valence-electron chi connectivity index (χ4n) is 4.27. The van der Waals surface area contributed by atoms with E-state index in [0.29, 0.717) is 5.92 Å². The summed E-state index contributed by atoms with van der Waals surface area (Å²) in [5.74, 6) is 2.18. The van der Waals surface area contributed by atoms with E-state index in [0.717, 1.165) is 44.5 Å². The summed E-state index contributed by atoms with van der Waals surface area (Å²) >= 11 is 0. The monoisotopic (exact) mass is 329 g/mol. The van der Waals surface area contributed by atoms with Crippen molar-refractivity contribution >= 4 is 0 Å². The second-order valence-electron chi connectivity index (χ2n) is 7.31. The first-order chi connectivity index (χ1) is 11.8. The van der Waals surface area contributed by atoms with Crippen LogP contribution in [0.4, 0.5) is 0 Å². The minimum Gasteiger partial charge on any atom is -0.468 e. The summed E-state index contributed by atoms with van der Waals surface area (Å²) in [6.07, 6.45) is 9.50. The van der Waals surface area contributed by atoms with Crippen LogP contribution in [-0.4, -0.2) is 34.9 Å². The van der Waals surface area contributed by atoms with E-state index in [9.17, 15) is 0 Å². The molecule has 0 radical (unpaired) electrons. The molecule has 0 spiro atoms. The van der Waals surface area contributed by atoms with Gasteiger partial charge in [-0.15, -0.1) is 0 Å². The average Bonchev–Trinajstić information content (AvgIpc) is 3.29. The van der Waals surface area contributed by atoms with Crippen LogP contribution in [0.15, 0.2) is 29.0 Å². The molecule has 130 valence electrons. The van der Waals surface area contributed by atoms with Crippen molar-refractivity contribution in [1.82, 2.24) is 14.7 Å². The van der Waals surface area contributed by atoms with Gasteiger partial charge in [0.1, 0.15) is 5.76 Å². The van der Waals surface area contributed by atoms with Crippen molar-refractivity contribution in [2.45, 2.75) is 51.2 Å². The number of furan rings is 1. The van der Waals surface area contributed by atoms with Crippen LogP contribution in [0.2, 0.25) is 0 Å². The first-order valence-corrected chi connectivity index (χ1v) is 9.11. The zero-order valence-corrected chi connectivity index (χ0v) is 14.5. The maximum atomic E-state index is 5.52. The quantitative estimate of drug-likeness (QED) is 0.814. The molecule has 1 aliphatic heterocycles. The van der Waals surface area contributed by atoms with Gasteiger partial charge in [-0.3, -0.25) is 9.58 Å². The molecule has 0 bridgehead atoms. The Morgan fingerprint density at radius 1 is 1.33 bits per heavy atom. The highest BCUT2D eigenvalue weighted by atomic mass is 16.5. The van der Waals surface area contributed by atoms with E-state index in [1.165, 1.54) is 36.9 Å². The van der Waals surface area contributed by atoms with Gasteiger partial charge in [0.15, 0.2) is 0 Å². The lowest BCUT2D eigenvalue weighted by Gasteiger charge is -2.30. The zero-order chi connectivity index (χ0) is 16.4. The third-order valence-corrected chi connectivity index (χ3v) is 5.38. The summed E-state index contributed by atoms with van der Waals surface area (Å²) in [5, 5.41) is 4.93. The summed E-state index contributed by atoms with van der Waals surface area (Å²) in [5.41, 5.74) is 2.60. The predicted molar refractivity (Wildman–Crippen MR) is 91.6 cm³/mol. The SMILES string of the molecule is COC[C@@H]1CN(Cc2ccco2)Cc2cn(CC3CCCC3)nc21. The van der Waals surface area contributed by atoms with Gasteiger partial charge in [0, 0.05) is 44.4 Å². The summed E-state index contributed by atoms with van der Waals surface area (Å²) in [6.45, 7) is 4.57. The number of ether oxygens (including phenoxy) is 1. The highest BCUT2D eigenvalue weighted by Crippen LogP contribution is 2.30. The van der Waals surface area contributed by atoms with Gasteiger partial charge in [-0.05, 0) is 30.9 Å². The Hall–Kier alpha value is -1.59. The molecule has 0 N–H and O–H groups in total. The molecule has 0 unspecified atom stereocenters. The van der Waals surface area contributed by atoms with Gasteiger partial charge in [0.05, 0.1) is 25.1 Å². The standard InChI is InChI=1S/C19H27N3O2/c1-23-14-17-11-21(13-18-7-4-8-24-18)10-16-12-22(20-19(16)17)9-15-5-2-3-6-15/h4,7-8,12,15,17H,2-3,5-6,9-11,13-14H2,1H3/t17-/m0/s1. The van der Waals surface area contributed by atoms with Gasteiger partial charge < -0.3 is 9.15 Å². The smallest absolute Gasteiger partial charge is 0.117 e. The Labute approximate surface area is 143 Å². The molecule has 1 atom stereocenters. The molecule has 1 aliphatic carbocycles. The van der Waals surface area contributed by atoms with Gasteiger partial charge in [0.25, 0.3) is 0 Å². The fraction of sp³-hybridized carbons (Fsp3) is 0.632. The first kappa shape index (κ1) is 15.9. The predicted octanol–water partition coefficient (Wildman–Crippen LogP) is 3.41. The third-order valence-electron chi connectivity index (χ3n) is 5.38. The highest BCUT2D eigenvalue weighted by molar-refractivity contribution is 5.25. The van der Waals surface area contributed by atoms with Crippen LogP contribution in [0.1, 0.15) is 48.6 Å². The minimum atomic E-state index is 0.346. The second kappa shape index (κ2) is 7.11. The highest BCUT2D eigenvalue weighted by Gasteiger charge is 2.29. The van der Waals surface area contributed by atoms with Crippen LogP contribution in [0.25, 0.3) is 0 Å². The number of hydrogen-bond acceptors (Lipinski definition) is 4. The van der Waals surface area contributed by atoms with Crippen molar-refractivity contribution in [1.29, 1.82) is 0 Å². The van der Waals surface area contributed by atoms with Gasteiger partial charge in [-0.1, -0.05) is 12.8 Å². The molecule has 2 aliphatic rings. The molecular formula is C19H27N3O2. The topological polar surface area (TPSA) is 43.4 Å². The largest absolute Gasteiger partial charge is 0.468 e. The molecule has 5 nitrogen and oxygen atoms in total. The van der Waals surface area contributed by atoms with Crippen LogP contribution >= 0.6 is 0 Å². The molecule has 2 aromatic heterocycles. The van der Waals surface area contributed by atoms with E-state index >= 15 is 0 Å². The first-order valence-electron chi connectivity index (χ1n) is 9.11. The number of fused-ring (bicyclic) bond motifs is 1. The van der Waals surface area contributed by atoms with Crippen LogP contribution in [0.5, 0.6) is 0 Å². The van der Waals surface area contributed by atoms with E-state index in [2.05, 4.69) is 15.8 Å². The molecule has 0 aromatic carbocycles. The lowest BCUT2D eigenvalue weighted by Crippen LogP contribution is -2.34.